The molecule has 1 aliphatic carbocycles. The van der Waals surface area contributed by atoms with Gasteiger partial charge in [0.1, 0.15) is 0 Å². The van der Waals surface area contributed by atoms with Crippen LogP contribution < -0.4 is 0 Å². The van der Waals surface area contributed by atoms with Crippen molar-refractivity contribution in [1.29, 1.82) is 0 Å². The van der Waals surface area contributed by atoms with Crippen LogP contribution in [0.3, 0.4) is 0 Å². The van der Waals surface area contributed by atoms with Crippen molar-refractivity contribution in [1.82, 2.24) is 0 Å². The van der Waals surface area contributed by atoms with Gasteiger partial charge in [0.2, 0.25) is 0 Å². The number of carbonyl (C=O) groups is 1. The molecule has 0 unspecified atom stereocenters. The van der Waals surface area contributed by atoms with Crippen LogP contribution in [0.1, 0.15) is 62.1 Å². The highest BCUT2D eigenvalue weighted by Crippen LogP contribution is 2.43. The average Bonchev–Trinajstić information content (AvgIpc) is 2.45. The molecule has 1 saturated carbocycles. The summed E-state index contributed by atoms with van der Waals surface area (Å²) in [5.74, 6) is 0.137. The Hall–Kier alpha value is -1.31. The maximum absolute atomic E-state index is 11.9. The van der Waals surface area contributed by atoms with Crippen LogP contribution in [0.5, 0.6) is 0 Å². The van der Waals surface area contributed by atoms with Gasteiger partial charge in [0, 0.05) is 0 Å². The van der Waals surface area contributed by atoms with Gasteiger partial charge in [-0.2, -0.15) is 0 Å². The van der Waals surface area contributed by atoms with E-state index in [-0.39, 0.29) is 0 Å². The van der Waals surface area contributed by atoms with Crippen LogP contribution in [-0.4, -0.2) is 11.1 Å². The fraction of sp³-hybridized carbons (Fsp3) is 0.632. The summed E-state index contributed by atoms with van der Waals surface area (Å²) < 4.78 is 0. The predicted molar refractivity (Wildman–Crippen MR) is 86.6 cm³/mol. The van der Waals surface area contributed by atoms with Crippen molar-refractivity contribution in [3.8, 4) is 0 Å². The first-order chi connectivity index (χ1) is 9.97. The number of hydrogen-bond donors (Lipinski definition) is 1. The molecule has 0 spiro atoms. The number of carboxylic acid groups (broad SMARTS) is 1. The third kappa shape index (κ3) is 3.66. The van der Waals surface area contributed by atoms with Crippen molar-refractivity contribution in [2.24, 2.45) is 11.3 Å². The Morgan fingerprint density at radius 2 is 1.90 bits per heavy atom. The number of rotatable bonds is 5. The molecule has 1 N–H and O–H groups in total. The van der Waals surface area contributed by atoms with E-state index >= 15 is 0 Å². The number of carboxylic acids is 1. The first-order valence-corrected chi connectivity index (χ1v) is 8.26. The summed E-state index contributed by atoms with van der Waals surface area (Å²) in [5.41, 5.74) is 3.17. The summed E-state index contributed by atoms with van der Waals surface area (Å²) in [5, 5.41) is 9.79. The van der Waals surface area contributed by atoms with Crippen molar-refractivity contribution in [2.75, 3.05) is 0 Å². The van der Waals surface area contributed by atoms with Crippen molar-refractivity contribution in [3.63, 3.8) is 0 Å². The van der Waals surface area contributed by atoms with E-state index in [2.05, 4.69) is 39.0 Å². The van der Waals surface area contributed by atoms with Gasteiger partial charge in [0.25, 0.3) is 0 Å². The Morgan fingerprint density at radius 3 is 2.43 bits per heavy atom. The zero-order chi connectivity index (χ0) is 15.5. The average molecular weight is 288 g/mol. The van der Waals surface area contributed by atoms with E-state index in [0.717, 1.165) is 31.6 Å². The van der Waals surface area contributed by atoms with E-state index in [4.69, 9.17) is 0 Å². The minimum atomic E-state index is -0.601. The first-order valence-electron chi connectivity index (χ1n) is 8.26. The molecular weight excluding hydrogens is 260 g/mol. The van der Waals surface area contributed by atoms with Crippen molar-refractivity contribution in [2.45, 2.75) is 65.7 Å². The highest BCUT2D eigenvalue weighted by atomic mass is 16.4. The lowest BCUT2D eigenvalue weighted by molar-refractivity contribution is -0.151. The topological polar surface area (TPSA) is 37.3 Å². The minimum absolute atomic E-state index is 0.536. The summed E-state index contributed by atoms with van der Waals surface area (Å²) in [6.45, 7) is 6.42. The van der Waals surface area contributed by atoms with Gasteiger partial charge in [0.05, 0.1) is 5.41 Å². The molecule has 0 heterocycles. The number of hydrogen-bond acceptors (Lipinski definition) is 1. The maximum Gasteiger partial charge on any atom is 0.309 e. The third-order valence-corrected chi connectivity index (χ3v) is 5.33. The minimum Gasteiger partial charge on any atom is -0.481 e. The Bertz CT molecular complexity index is 496. The largest absolute Gasteiger partial charge is 0.481 e. The monoisotopic (exact) mass is 288 g/mol. The van der Waals surface area contributed by atoms with Gasteiger partial charge in [-0.05, 0) is 68.6 Å². The third-order valence-electron chi connectivity index (χ3n) is 5.33. The normalized spacial score (nSPS) is 25.8. The SMILES string of the molecule is CCCC1CCC(Cc2ccc(C)c(C)c2)(C(=O)O)CC1. The van der Waals surface area contributed by atoms with Crippen LogP contribution in [0.4, 0.5) is 0 Å². The smallest absolute Gasteiger partial charge is 0.309 e. The quantitative estimate of drug-likeness (QED) is 0.836. The zero-order valence-electron chi connectivity index (χ0n) is 13.6. The molecule has 0 amide bonds. The van der Waals surface area contributed by atoms with E-state index in [1.165, 1.54) is 29.5 Å². The number of aryl methyl sites for hydroxylation is 2. The summed E-state index contributed by atoms with van der Waals surface area (Å²) in [6.07, 6.45) is 6.96. The Kier molecular flexibility index (Phi) is 5.08. The molecular formula is C19H28O2. The molecule has 1 fully saturated rings. The molecule has 2 nitrogen and oxygen atoms in total. The molecule has 2 rings (SSSR count). The maximum atomic E-state index is 11.9. The summed E-state index contributed by atoms with van der Waals surface area (Å²) in [7, 11) is 0. The van der Waals surface area contributed by atoms with E-state index < -0.39 is 11.4 Å². The molecule has 0 aliphatic heterocycles. The molecule has 116 valence electrons. The zero-order valence-corrected chi connectivity index (χ0v) is 13.6. The molecule has 1 aromatic carbocycles. The van der Waals surface area contributed by atoms with Crippen LogP contribution >= 0.6 is 0 Å². The van der Waals surface area contributed by atoms with Crippen LogP contribution in [0, 0.1) is 25.2 Å². The van der Waals surface area contributed by atoms with Gasteiger partial charge < -0.3 is 5.11 Å². The Labute approximate surface area is 128 Å². The second-order valence-corrected chi connectivity index (χ2v) is 6.91. The molecule has 1 aliphatic rings. The molecule has 0 atom stereocenters. The lowest BCUT2D eigenvalue weighted by Gasteiger charge is -2.37. The van der Waals surface area contributed by atoms with Crippen LogP contribution in [0.25, 0.3) is 0 Å². The van der Waals surface area contributed by atoms with Gasteiger partial charge in [-0.3, -0.25) is 4.79 Å². The molecule has 2 heteroatoms. The van der Waals surface area contributed by atoms with Gasteiger partial charge in [-0.25, -0.2) is 0 Å². The molecule has 1 aromatic rings. The van der Waals surface area contributed by atoms with Crippen molar-refractivity contribution >= 4 is 5.97 Å². The van der Waals surface area contributed by atoms with E-state index in [1.807, 2.05) is 0 Å². The number of aliphatic carboxylic acids is 1. The second kappa shape index (κ2) is 6.64. The molecule has 0 saturated heterocycles. The first kappa shape index (κ1) is 16.1. The van der Waals surface area contributed by atoms with E-state index in [1.54, 1.807) is 0 Å². The van der Waals surface area contributed by atoms with Crippen molar-refractivity contribution < 1.29 is 9.90 Å². The Morgan fingerprint density at radius 1 is 1.24 bits per heavy atom. The van der Waals surface area contributed by atoms with Gasteiger partial charge in [0.15, 0.2) is 0 Å². The highest BCUT2D eigenvalue weighted by Gasteiger charge is 2.41. The molecule has 0 bridgehead atoms. The van der Waals surface area contributed by atoms with Crippen LogP contribution in [-0.2, 0) is 11.2 Å². The molecule has 0 aromatic heterocycles. The number of benzene rings is 1. The Balaban J connectivity index is 2.12. The lowest BCUT2D eigenvalue weighted by Crippen LogP contribution is -2.37. The fourth-order valence-corrected chi connectivity index (χ4v) is 3.70. The molecule has 21 heavy (non-hydrogen) atoms. The summed E-state index contributed by atoms with van der Waals surface area (Å²) >= 11 is 0. The van der Waals surface area contributed by atoms with Gasteiger partial charge in [-0.1, -0.05) is 38.0 Å². The summed E-state index contributed by atoms with van der Waals surface area (Å²) in [6, 6.07) is 6.38. The summed E-state index contributed by atoms with van der Waals surface area (Å²) in [4.78, 5) is 11.9. The lowest BCUT2D eigenvalue weighted by atomic mass is 9.66. The fourth-order valence-electron chi connectivity index (χ4n) is 3.70. The second-order valence-electron chi connectivity index (χ2n) is 6.91. The highest BCUT2D eigenvalue weighted by molar-refractivity contribution is 5.75. The van der Waals surface area contributed by atoms with E-state index in [0.29, 0.717) is 6.42 Å². The van der Waals surface area contributed by atoms with E-state index in [9.17, 15) is 9.90 Å². The van der Waals surface area contributed by atoms with Gasteiger partial charge >= 0.3 is 5.97 Å². The molecule has 0 radical (unpaired) electrons. The van der Waals surface area contributed by atoms with Crippen LogP contribution in [0.2, 0.25) is 0 Å². The predicted octanol–water partition coefficient (Wildman–Crippen LogP) is 4.91. The van der Waals surface area contributed by atoms with Gasteiger partial charge in [-0.15, -0.1) is 0 Å². The van der Waals surface area contributed by atoms with Crippen LogP contribution in [0.15, 0.2) is 18.2 Å². The van der Waals surface area contributed by atoms with Crippen molar-refractivity contribution in [3.05, 3.63) is 34.9 Å². The standard InChI is InChI=1S/C19H28O2/c1-4-5-16-8-10-19(11-9-16,18(20)21)13-17-7-6-14(2)15(3)12-17/h6-7,12,16H,4-5,8-11,13H2,1-3H3,(H,20,21).